The number of guanidine groups is 1. The lowest BCUT2D eigenvalue weighted by Crippen LogP contribution is -2.50. The van der Waals surface area contributed by atoms with Crippen LogP contribution in [0.1, 0.15) is 36.8 Å². The molecule has 1 aromatic rings. The summed E-state index contributed by atoms with van der Waals surface area (Å²) in [5, 5.41) is 9.48. The Morgan fingerprint density at radius 3 is 2.53 bits per heavy atom. The van der Waals surface area contributed by atoms with Crippen molar-refractivity contribution < 1.29 is 9.59 Å². The van der Waals surface area contributed by atoms with E-state index in [1.807, 2.05) is 11.0 Å². The number of benzene rings is 1. The number of carbonyl (C=O) groups is 2. The lowest BCUT2D eigenvalue weighted by molar-refractivity contribution is -0.132. The number of likely N-dealkylation sites (N-methyl/N-ethyl adjacent to an activating group) is 1. The predicted octanol–water partition coefficient (Wildman–Crippen LogP) is 1.34. The Morgan fingerprint density at radius 2 is 1.84 bits per heavy atom. The monoisotopic (exact) mass is 556 g/mol. The molecule has 2 aliphatic rings. The van der Waals surface area contributed by atoms with Crippen LogP contribution in [-0.4, -0.2) is 80.4 Å². The molecular formula is C23H37IN6O2. The molecule has 1 fully saturated rings. The van der Waals surface area contributed by atoms with Gasteiger partial charge in [0.15, 0.2) is 5.96 Å². The normalized spacial score (nSPS) is 17.2. The Kier molecular flexibility index (Phi) is 11.2. The Bertz CT molecular complexity index is 780. The van der Waals surface area contributed by atoms with Crippen LogP contribution in [0.4, 0.5) is 0 Å². The van der Waals surface area contributed by atoms with E-state index in [4.69, 9.17) is 0 Å². The molecule has 2 heterocycles. The van der Waals surface area contributed by atoms with Crippen molar-refractivity contribution >= 4 is 41.8 Å². The number of amides is 2. The minimum atomic E-state index is 0. The first kappa shape index (κ1) is 26.4. The number of likely N-dealkylation sites (tertiary alicyclic amines) is 1. The molecule has 8 nitrogen and oxygen atoms in total. The molecule has 0 atom stereocenters. The summed E-state index contributed by atoms with van der Waals surface area (Å²) in [6.07, 6.45) is 4.23. The zero-order chi connectivity index (χ0) is 22.1. The van der Waals surface area contributed by atoms with Crippen LogP contribution in [0, 0.1) is 0 Å². The van der Waals surface area contributed by atoms with Gasteiger partial charge in [-0.3, -0.25) is 19.5 Å². The van der Waals surface area contributed by atoms with Gasteiger partial charge in [0.05, 0.1) is 6.54 Å². The van der Waals surface area contributed by atoms with Gasteiger partial charge in [-0.2, -0.15) is 0 Å². The number of fused-ring (bicyclic) bond motifs is 1. The van der Waals surface area contributed by atoms with E-state index >= 15 is 0 Å². The zero-order valence-corrected chi connectivity index (χ0v) is 21.6. The van der Waals surface area contributed by atoms with E-state index < -0.39 is 0 Å². The highest BCUT2D eigenvalue weighted by Crippen LogP contribution is 2.19. The standard InChI is InChI=1S/C23H36N6O2.HI/c1-24-21(30)17-28-13-10-20(11-14-28)27-23(25-2)26-12-5-8-22(31)29-15-9-18-6-3-4-7-19(18)16-29;/h3-4,6-7,20H,5,8-17H2,1-2H3,(H,24,30)(H2,25,26,27);1H. The fraction of sp³-hybridized carbons (Fsp3) is 0.609. The Hall–Kier alpha value is -1.88. The number of hydrogen-bond donors (Lipinski definition) is 3. The summed E-state index contributed by atoms with van der Waals surface area (Å²) in [7, 11) is 3.44. The van der Waals surface area contributed by atoms with Gasteiger partial charge in [0, 0.05) is 59.3 Å². The second-order valence-electron chi connectivity index (χ2n) is 8.30. The van der Waals surface area contributed by atoms with Crippen molar-refractivity contribution in [3.05, 3.63) is 35.4 Å². The molecule has 1 aromatic carbocycles. The van der Waals surface area contributed by atoms with Gasteiger partial charge in [-0.15, -0.1) is 24.0 Å². The first-order valence-corrected chi connectivity index (χ1v) is 11.3. The van der Waals surface area contributed by atoms with E-state index in [1.165, 1.54) is 11.1 Å². The molecule has 3 rings (SSSR count). The summed E-state index contributed by atoms with van der Waals surface area (Å²) >= 11 is 0. The molecule has 1 saturated heterocycles. The Balaban J connectivity index is 0.00000363. The maximum atomic E-state index is 12.6. The van der Waals surface area contributed by atoms with Crippen molar-refractivity contribution in [3.63, 3.8) is 0 Å². The molecule has 0 saturated carbocycles. The third kappa shape index (κ3) is 7.91. The number of hydrogen-bond acceptors (Lipinski definition) is 4. The fourth-order valence-corrected chi connectivity index (χ4v) is 4.22. The second kappa shape index (κ2) is 13.6. The molecule has 0 radical (unpaired) electrons. The van der Waals surface area contributed by atoms with E-state index in [2.05, 4.69) is 44.0 Å². The molecule has 3 N–H and O–H groups in total. The SMILES string of the molecule is CN=C(NCCCC(=O)N1CCc2ccccc2C1)NC1CCN(CC(=O)NC)CC1.I. The van der Waals surface area contributed by atoms with Crippen LogP contribution in [-0.2, 0) is 22.6 Å². The third-order valence-electron chi connectivity index (χ3n) is 6.14. The molecule has 0 unspecified atom stereocenters. The maximum Gasteiger partial charge on any atom is 0.233 e. The van der Waals surface area contributed by atoms with Gasteiger partial charge in [0.2, 0.25) is 11.8 Å². The van der Waals surface area contributed by atoms with Crippen molar-refractivity contribution in [1.82, 2.24) is 25.8 Å². The Morgan fingerprint density at radius 1 is 1.12 bits per heavy atom. The van der Waals surface area contributed by atoms with Crippen LogP contribution in [0.25, 0.3) is 0 Å². The van der Waals surface area contributed by atoms with Gasteiger partial charge in [-0.1, -0.05) is 24.3 Å². The maximum absolute atomic E-state index is 12.6. The predicted molar refractivity (Wildman–Crippen MR) is 138 cm³/mol. The van der Waals surface area contributed by atoms with Crippen LogP contribution in [0.2, 0.25) is 0 Å². The van der Waals surface area contributed by atoms with Gasteiger partial charge in [0.25, 0.3) is 0 Å². The van der Waals surface area contributed by atoms with Crippen molar-refractivity contribution in [3.8, 4) is 0 Å². The minimum Gasteiger partial charge on any atom is -0.358 e. The average molecular weight is 556 g/mol. The number of carbonyl (C=O) groups excluding carboxylic acids is 2. The number of nitrogens with one attached hydrogen (secondary N) is 3. The van der Waals surface area contributed by atoms with Gasteiger partial charge in [0.1, 0.15) is 0 Å². The molecule has 0 aliphatic carbocycles. The highest BCUT2D eigenvalue weighted by atomic mass is 127. The number of aliphatic imine (C=N–C) groups is 1. The molecular weight excluding hydrogens is 519 g/mol. The lowest BCUT2D eigenvalue weighted by atomic mass is 9.99. The van der Waals surface area contributed by atoms with Gasteiger partial charge in [-0.05, 0) is 36.8 Å². The van der Waals surface area contributed by atoms with Gasteiger partial charge in [-0.25, -0.2) is 0 Å². The largest absolute Gasteiger partial charge is 0.358 e. The highest BCUT2D eigenvalue weighted by molar-refractivity contribution is 14.0. The van der Waals surface area contributed by atoms with Crippen LogP contribution in [0.15, 0.2) is 29.3 Å². The summed E-state index contributed by atoms with van der Waals surface area (Å²) in [6.45, 7) is 4.51. The number of piperidine rings is 1. The van der Waals surface area contributed by atoms with Crippen molar-refractivity contribution in [2.24, 2.45) is 4.99 Å². The summed E-state index contributed by atoms with van der Waals surface area (Å²) in [6, 6.07) is 8.74. The molecule has 2 amide bonds. The average Bonchev–Trinajstić information content (AvgIpc) is 2.81. The van der Waals surface area contributed by atoms with Crippen LogP contribution >= 0.6 is 24.0 Å². The quantitative estimate of drug-likeness (QED) is 0.204. The van der Waals surface area contributed by atoms with Crippen LogP contribution < -0.4 is 16.0 Å². The lowest BCUT2D eigenvalue weighted by Gasteiger charge is -2.32. The molecule has 0 spiro atoms. The molecule has 0 aromatic heterocycles. The Labute approximate surface area is 208 Å². The van der Waals surface area contributed by atoms with Gasteiger partial charge >= 0.3 is 0 Å². The molecule has 9 heteroatoms. The number of halogens is 1. The summed E-state index contributed by atoms with van der Waals surface area (Å²) < 4.78 is 0. The first-order valence-electron chi connectivity index (χ1n) is 11.3. The number of nitrogens with zero attached hydrogens (tertiary/aromatic N) is 3. The highest BCUT2D eigenvalue weighted by Gasteiger charge is 2.22. The number of rotatable bonds is 7. The molecule has 2 aliphatic heterocycles. The van der Waals surface area contributed by atoms with Gasteiger partial charge < -0.3 is 20.9 Å². The molecule has 32 heavy (non-hydrogen) atoms. The molecule has 0 bridgehead atoms. The summed E-state index contributed by atoms with van der Waals surface area (Å²) in [5.41, 5.74) is 2.63. The fourth-order valence-electron chi connectivity index (χ4n) is 4.22. The molecule has 178 valence electrons. The zero-order valence-electron chi connectivity index (χ0n) is 19.2. The first-order chi connectivity index (χ1) is 15.1. The van der Waals surface area contributed by atoms with Crippen molar-refractivity contribution in [1.29, 1.82) is 0 Å². The second-order valence-corrected chi connectivity index (χ2v) is 8.30. The smallest absolute Gasteiger partial charge is 0.233 e. The minimum absolute atomic E-state index is 0. The van der Waals surface area contributed by atoms with E-state index in [-0.39, 0.29) is 35.8 Å². The summed E-state index contributed by atoms with van der Waals surface area (Å²) in [4.78, 5) is 32.6. The topological polar surface area (TPSA) is 89.1 Å². The van der Waals surface area contributed by atoms with E-state index in [1.54, 1.807) is 14.1 Å². The van der Waals surface area contributed by atoms with E-state index in [9.17, 15) is 9.59 Å². The van der Waals surface area contributed by atoms with E-state index in [0.717, 1.165) is 57.8 Å². The van der Waals surface area contributed by atoms with E-state index in [0.29, 0.717) is 25.6 Å². The van der Waals surface area contributed by atoms with Crippen molar-refractivity contribution in [2.45, 2.75) is 44.7 Å². The van der Waals surface area contributed by atoms with Crippen LogP contribution in [0.5, 0.6) is 0 Å². The van der Waals surface area contributed by atoms with Crippen LogP contribution in [0.3, 0.4) is 0 Å². The van der Waals surface area contributed by atoms with Crippen molar-refractivity contribution in [2.75, 3.05) is 46.8 Å². The summed E-state index contributed by atoms with van der Waals surface area (Å²) in [5.74, 6) is 1.07. The third-order valence-corrected chi connectivity index (χ3v) is 6.14.